The number of carbonyl (C=O) groups excluding carboxylic acids is 2. The molecule has 1 aromatic rings. The number of Topliss-reactive ketones (excluding diaryl/α,β-unsaturated/α-hetero) is 1. The molecule has 7 nitrogen and oxygen atoms in total. The van der Waals surface area contributed by atoms with E-state index in [9.17, 15) is 19.8 Å². The average molecular weight is 479 g/mol. The van der Waals surface area contributed by atoms with Crippen LogP contribution in [0.2, 0.25) is 0 Å². The Morgan fingerprint density at radius 1 is 1.27 bits per heavy atom. The zero-order valence-corrected chi connectivity index (χ0v) is 21.3. The van der Waals surface area contributed by atoms with E-state index >= 15 is 0 Å². The second-order valence-electron chi connectivity index (χ2n) is 9.48. The largest absolute Gasteiger partial charge is 0.457 e. The van der Waals surface area contributed by atoms with Gasteiger partial charge in [0.15, 0.2) is 0 Å². The number of ketones is 1. The van der Waals surface area contributed by atoms with Crippen molar-refractivity contribution in [2.24, 2.45) is 11.3 Å². The van der Waals surface area contributed by atoms with Gasteiger partial charge in [0, 0.05) is 23.8 Å². The van der Waals surface area contributed by atoms with E-state index in [4.69, 9.17) is 4.74 Å². The highest BCUT2D eigenvalue weighted by Gasteiger charge is 2.42. The topological polar surface area (TPSA) is 109 Å². The number of cyclic esters (lactones) is 1. The maximum atomic E-state index is 13.1. The van der Waals surface area contributed by atoms with E-state index in [-0.39, 0.29) is 18.2 Å². The highest BCUT2D eigenvalue weighted by molar-refractivity contribution is 7.09. The molecule has 8 heteroatoms. The van der Waals surface area contributed by atoms with Gasteiger partial charge >= 0.3 is 5.97 Å². The fraction of sp³-hybridized carbons (Fsp3) is 0.640. The van der Waals surface area contributed by atoms with Gasteiger partial charge < -0.3 is 20.3 Å². The predicted octanol–water partition coefficient (Wildman–Crippen LogP) is 3.44. The predicted molar refractivity (Wildman–Crippen MR) is 131 cm³/mol. The number of aromatic nitrogens is 1. The lowest BCUT2D eigenvalue weighted by molar-refractivity contribution is -0.154. The van der Waals surface area contributed by atoms with Crippen molar-refractivity contribution < 1.29 is 24.5 Å². The minimum atomic E-state index is -1.23. The second kappa shape index (κ2) is 12.0. The molecule has 0 radical (unpaired) electrons. The van der Waals surface area contributed by atoms with Crippen molar-refractivity contribution in [3.8, 4) is 0 Å². The number of nitrogens with one attached hydrogen (secondary N) is 1. The maximum absolute atomic E-state index is 13.1. The molecule has 1 aliphatic rings. The van der Waals surface area contributed by atoms with Crippen molar-refractivity contribution in [2.45, 2.75) is 85.2 Å². The maximum Gasteiger partial charge on any atom is 0.309 e. The van der Waals surface area contributed by atoms with Gasteiger partial charge in [-0.3, -0.25) is 9.59 Å². The van der Waals surface area contributed by atoms with Gasteiger partial charge in [0.1, 0.15) is 11.9 Å². The van der Waals surface area contributed by atoms with E-state index < -0.39 is 35.6 Å². The fourth-order valence-electron chi connectivity index (χ4n) is 3.91. The molecule has 1 aromatic heterocycles. The quantitative estimate of drug-likeness (QED) is 0.441. The van der Waals surface area contributed by atoms with Crippen molar-refractivity contribution in [1.82, 2.24) is 10.3 Å². The average Bonchev–Trinajstić information content (AvgIpc) is 3.16. The first-order chi connectivity index (χ1) is 15.4. The van der Waals surface area contributed by atoms with Gasteiger partial charge in [0.25, 0.3) is 0 Å². The summed E-state index contributed by atoms with van der Waals surface area (Å²) in [6.07, 6.45) is 4.17. The van der Waals surface area contributed by atoms with E-state index in [1.54, 1.807) is 32.1 Å². The standard InChI is InChI=1S/C25H38N2O5S/c1-15(12-19-14-33-18(4)27-19)20-10-8-7-9-11-26-17(3)23(30)16(2)24(31)25(5,6)21(28)13-22(29)32-20/h7-8,12,14,16-17,20-21,23,26,28,30H,9-11,13H2,1-6H3/b8-7+,15-12+/t16-,17+,20?,21+,23+/m1/s1. The van der Waals surface area contributed by atoms with Crippen LogP contribution in [0.5, 0.6) is 0 Å². The van der Waals surface area contributed by atoms with E-state index in [0.29, 0.717) is 13.0 Å². The number of hydrogen-bond acceptors (Lipinski definition) is 8. The van der Waals surface area contributed by atoms with Gasteiger partial charge in [-0.15, -0.1) is 11.3 Å². The number of carbonyl (C=O) groups is 2. The van der Waals surface area contributed by atoms with Gasteiger partial charge in [-0.1, -0.05) is 32.9 Å². The number of ether oxygens (including phenoxy) is 1. The first-order valence-electron chi connectivity index (χ1n) is 11.5. The van der Waals surface area contributed by atoms with Crippen LogP contribution in [-0.2, 0) is 14.3 Å². The Kier molecular flexibility index (Phi) is 9.97. The molecular weight excluding hydrogens is 440 g/mol. The van der Waals surface area contributed by atoms with Gasteiger partial charge in [0.05, 0.1) is 34.7 Å². The molecule has 0 amide bonds. The second-order valence-corrected chi connectivity index (χ2v) is 10.5. The third-order valence-corrected chi connectivity index (χ3v) is 7.15. The normalized spacial score (nSPS) is 31.8. The Bertz CT molecular complexity index is 876. The van der Waals surface area contributed by atoms with E-state index in [0.717, 1.165) is 22.7 Å². The summed E-state index contributed by atoms with van der Waals surface area (Å²) in [6.45, 7) is 11.2. The zero-order chi connectivity index (χ0) is 24.8. The van der Waals surface area contributed by atoms with Crippen LogP contribution in [0.1, 0.15) is 64.6 Å². The zero-order valence-electron chi connectivity index (χ0n) is 20.5. The molecule has 0 aliphatic carbocycles. The number of aryl methyl sites for hydroxylation is 1. The summed E-state index contributed by atoms with van der Waals surface area (Å²) < 4.78 is 5.74. The van der Waals surface area contributed by atoms with Crippen molar-refractivity contribution in [3.05, 3.63) is 33.8 Å². The van der Waals surface area contributed by atoms with Crippen LogP contribution in [0.25, 0.3) is 6.08 Å². The van der Waals surface area contributed by atoms with Crippen LogP contribution >= 0.6 is 11.3 Å². The van der Waals surface area contributed by atoms with Gasteiger partial charge in [-0.05, 0) is 45.4 Å². The number of thiazole rings is 1. The van der Waals surface area contributed by atoms with Crippen molar-refractivity contribution >= 4 is 29.2 Å². The molecular formula is C25H38N2O5S. The molecule has 3 N–H and O–H groups in total. The van der Waals surface area contributed by atoms with Gasteiger partial charge in [-0.2, -0.15) is 0 Å². The van der Waals surface area contributed by atoms with E-state index in [1.807, 2.05) is 44.4 Å². The van der Waals surface area contributed by atoms with E-state index in [1.165, 1.54) is 0 Å². The third kappa shape index (κ3) is 7.57. The Hall–Kier alpha value is -1.87. The number of esters is 1. The van der Waals surface area contributed by atoms with Crippen LogP contribution in [0, 0.1) is 18.3 Å². The lowest BCUT2D eigenvalue weighted by Crippen LogP contribution is -2.49. The van der Waals surface area contributed by atoms with Gasteiger partial charge in [-0.25, -0.2) is 4.98 Å². The number of nitrogens with zero attached hydrogens (tertiary/aromatic N) is 1. The van der Waals surface area contributed by atoms with Crippen LogP contribution in [0.4, 0.5) is 0 Å². The van der Waals surface area contributed by atoms with Crippen molar-refractivity contribution in [3.63, 3.8) is 0 Å². The molecule has 184 valence electrons. The number of aliphatic hydroxyl groups excluding tert-OH is 2. The minimum absolute atomic E-state index is 0.289. The highest BCUT2D eigenvalue weighted by atomic mass is 32.1. The SMILES string of the molecule is C/C(=C\c1csc(C)n1)C1C/C=C/CCN[C@@H](C)[C@@H](O)[C@@H](C)C(=O)C(C)(C)[C@@H](O)CC(=O)O1. The fourth-order valence-corrected chi connectivity index (χ4v) is 4.48. The highest BCUT2D eigenvalue weighted by Crippen LogP contribution is 2.30. The first kappa shape index (κ1) is 27.4. The molecule has 0 aromatic carbocycles. The summed E-state index contributed by atoms with van der Waals surface area (Å²) in [5.41, 5.74) is 0.460. The number of rotatable bonds is 2. The van der Waals surface area contributed by atoms with E-state index in [2.05, 4.69) is 10.3 Å². The molecule has 0 spiro atoms. The first-order valence-corrected chi connectivity index (χ1v) is 12.4. The minimum Gasteiger partial charge on any atom is -0.457 e. The van der Waals surface area contributed by atoms with Crippen LogP contribution in [0.3, 0.4) is 0 Å². The Balaban J connectivity index is 2.27. The summed E-state index contributed by atoms with van der Waals surface area (Å²) in [5.74, 6) is -1.56. The molecule has 0 saturated carbocycles. The summed E-state index contributed by atoms with van der Waals surface area (Å²) in [6, 6.07) is -0.289. The molecule has 0 saturated heterocycles. The lowest BCUT2D eigenvalue weighted by atomic mass is 9.74. The molecule has 0 bridgehead atoms. The monoisotopic (exact) mass is 478 g/mol. The summed E-state index contributed by atoms with van der Waals surface area (Å²) in [7, 11) is 0. The smallest absolute Gasteiger partial charge is 0.309 e. The van der Waals surface area contributed by atoms with Crippen LogP contribution in [0.15, 0.2) is 23.1 Å². The Morgan fingerprint density at radius 2 is 1.97 bits per heavy atom. The molecule has 33 heavy (non-hydrogen) atoms. The van der Waals surface area contributed by atoms with Crippen molar-refractivity contribution in [1.29, 1.82) is 0 Å². The summed E-state index contributed by atoms with van der Waals surface area (Å²) in [4.78, 5) is 30.3. The van der Waals surface area contributed by atoms with Crippen molar-refractivity contribution in [2.75, 3.05) is 6.54 Å². The molecule has 2 heterocycles. The lowest BCUT2D eigenvalue weighted by Gasteiger charge is -2.34. The summed E-state index contributed by atoms with van der Waals surface area (Å²) >= 11 is 1.55. The van der Waals surface area contributed by atoms with Crippen LogP contribution < -0.4 is 5.32 Å². The Morgan fingerprint density at radius 3 is 2.61 bits per heavy atom. The molecule has 2 rings (SSSR count). The molecule has 0 fully saturated rings. The Labute approximate surface area is 201 Å². The third-order valence-electron chi connectivity index (χ3n) is 6.35. The molecule has 1 aliphatic heterocycles. The number of aliphatic hydroxyl groups is 2. The summed E-state index contributed by atoms with van der Waals surface area (Å²) in [5, 5.41) is 27.6. The van der Waals surface area contributed by atoms with Gasteiger partial charge in [0.2, 0.25) is 0 Å². The molecule has 5 atom stereocenters. The number of hydrogen-bond donors (Lipinski definition) is 3. The molecule has 1 unspecified atom stereocenters. The van der Waals surface area contributed by atoms with Crippen LogP contribution in [-0.4, -0.2) is 57.8 Å².